The van der Waals surface area contributed by atoms with Crippen molar-refractivity contribution in [2.45, 2.75) is 13.0 Å². The molecule has 1 amide bonds. The number of hydrogen-bond acceptors (Lipinski definition) is 4. The van der Waals surface area contributed by atoms with Gasteiger partial charge in [-0.1, -0.05) is 0 Å². The molecule has 3 N–H and O–H groups in total. The van der Waals surface area contributed by atoms with E-state index in [9.17, 15) is 4.79 Å². The average molecular weight is 176 g/mol. The first-order valence-electron chi connectivity index (χ1n) is 3.84. The smallest absolute Gasteiger partial charge is 0.236 e. The van der Waals surface area contributed by atoms with Crippen molar-refractivity contribution < 1.29 is 14.3 Å². The summed E-state index contributed by atoms with van der Waals surface area (Å²) < 4.78 is 9.91. The largest absolute Gasteiger partial charge is 0.368 e. The highest BCUT2D eigenvalue weighted by Crippen LogP contribution is 1.84. The van der Waals surface area contributed by atoms with Crippen LogP contribution in [0.5, 0.6) is 0 Å². The Bertz CT molecular complexity index is 130. The zero-order chi connectivity index (χ0) is 9.40. The van der Waals surface area contributed by atoms with E-state index in [-0.39, 0.29) is 13.4 Å². The monoisotopic (exact) mass is 176 g/mol. The lowest BCUT2D eigenvalue weighted by Crippen LogP contribution is -2.42. The van der Waals surface area contributed by atoms with Gasteiger partial charge in [-0.15, -0.1) is 0 Å². The van der Waals surface area contributed by atoms with Crippen molar-refractivity contribution in [2.75, 3.05) is 27.1 Å². The Morgan fingerprint density at radius 1 is 1.58 bits per heavy atom. The lowest BCUT2D eigenvalue weighted by Gasteiger charge is -2.11. The normalized spacial score (nSPS) is 12.8. The van der Waals surface area contributed by atoms with Crippen LogP contribution in [0.15, 0.2) is 0 Å². The Morgan fingerprint density at radius 2 is 2.25 bits per heavy atom. The maximum Gasteiger partial charge on any atom is 0.236 e. The van der Waals surface area contributed by atoms with Crippen LogP contribution in [0.1, 0.15) is 6.92 Å². The van der Waals surface area contributed by atoms with E-state index in [2.05, 4.69) is 5.32 Å². The van der Waals surface area contributed by atoms with Crippen LogP contribution in [0.25, 0.3) is 0 Å². The third kappa shape index (κ3) is 5.06. The molecule has 0 heterocycles. The third-order valence-electron chi connectivity index (χ3n) is 1.35. The highest BCUT2D eigenvalue weighted by Gasteiger charge is 2.11. The first kappa shape index (κ1) is 11.4. The van der Waals surface area contributed by atoms with Gasteiger partial charge in [-0.05, 0) is 14.0 Å². The molecule has 0 aliphatic heterocycles. The number of primary amides is 1. The number of nitrogens with two attached hydrogens (primary N) is 1. The second-order valence-electron chi connectivity index (χ2n) is 2.23. The fourth-order valence-corrected chi connectivity index (χ4v) is 0.616. The Kier molecular flexibility index (Phi) is 6.64. The molecule has 0 aromatic carbocycles. The summed E-state index contributed by atoms with van der Waals surface area (Å²) in [7, 11) is 1.65. The van der Waals surface area contributed by atoms with Gasteiger partial charge in [0.25, 0.3) is 0 Å². The highest BCUT2D eigenvalue weighted by atomic mass is 16.7. The Morgan fingerprint density at radius 3 is 2.67 bits per heavy atom. The summed E-state index contributed by atoms with van der Waals surface area (Å²) in [6.45, 7) is 2.90. The van der Waals surface area contributed by atoms with Crippen molar-refractivity contribution in [1.82, 2.24) is 5.32 Å². The summed E-state index contributed by atoms with van der Waals surface area (Å²) >= 11 is 0. The lowest BCUT2D eigenvalue weighted by molar-refractivity contribution is -0.123. The van der Waals surface area contributed by atoms with Gasteiger partial charge in [0.15, 0.2) is 0 Å². The molecule has 0 saturated carbocycles. The van der Waals surface area contributed by atoms with Gasteiger partial charge in [-0.3, -0.25) is 4.79 Å². The maximum absolute atomic E-state index is 10.6. The van der Waals surface area contributed by atoms with E-state index in [1.54, 1.807) is 7.05 Å². The van der Waals surface area contributed by atoms with E-state index in [1.807, 2.05) is 6.92 Å². The van der Waals surface area contributed by atoms with E-state index in [4.69, 9.17) is 15.2 Å². The predicted octanol–water partition coefficient (Wildman–Crippen LogP) is -0.930. The Hall–Kier alpha value is -0.650. The standard InChI is InChI=1S/C7H16N2O3/c1-3-11-5-12-4-6(9-2)7(8)10/h6,9H,3-5H2,1-2H3,(H2,8,10). The number of nitrogens with one attached hydrogen (secondary N) is 1. The first-order valence-corrected chi connectivity index (χ1v) is 3.84. The quantitative estimate of drug-likeness (QED) is 0.388. The molecule has 0 aliphatic rings. The lowest BCUT2D eigenvalue weighted by atomic mass is 10.3. The molecule has 1 atom stereocenters. The summed E-state index contributed by atoms with van der Waals surface area (Å²) in [4.78, 5) is 10.6. The number of hydrogen-bond donors (Lipinski definition) is 2. The van der Waals surface area contributed by atoms with E-state index in [0.717, 1.165) is 0 Å². The molecule has 0 spiro atoms. The molecule has 0 aromatic rings. The second kappa shape index (κ2) is 7.02. The molecular weight excluding hydrogens is 160 g/mol. The van der Waals surface area contributed by atoms with Crippen LogP contribution in [-0.2, 0) is 14.3 Å². The number of likely N-dealkylation sites (N-methyl/N-ethyl adjacent to an activating group) is 1. The summed E-state index contributed by atoms with van der Waals surface area (Å²) in [6, 6.07) is -0.439. The molecule has 0 aromatic heterocycles. The van der Waals surface area contributed by atoms with Gasteiger partial charge in [-0.25, -0.2) is 0 Å². The zero-order valence-electron chi connectivity index (χ0n) is 7.50. The maximum atomic E-state index is 10.6. The van der Waals surface area contributed by atoms with Gasteiger partial charge in [0.1, 0.15) is 12.8 Å². The minimum absolute atomic E-state index is 0.196. The molecule has 0 fully saturated rings. The van der Waals surface area contributed by atoms with Crippen molar-refractivity contribution >= 4 is 5.91 Å². The molecule has 5 heteroatoms. The zero-order valence-corrected chi connectivity index (χ0v) is 7.50. The summed E-state index contributed by atoms with van der Waals surface area (Å²) in [5.41, 5.74) is 5.04. The summed E-state index contributed by atoms with van der Waals surface area (Å²) in [5, 5.41) is 2.72. The molecular formula is C7H16N2O3. The molecule has 0 rings (SSSR count). The molecule has 12 heavy (non-hydrogen) atoms. The number of carbonyl (C=O) groups is 1. The molecule has 0 bridgehead atoms. The Labute approximate surface area is 72.2 Å². The number of rotatable bonds is 7. The third-order valence-corrected chi connectivity index (χ3v) is 1.35. The molecule has 0 saturated heterocycles. The first-order chi connectivity index (χ1) is 5.72. The van der Waals surface area contributed by atoms with Crippen LogP contribution >= 0.6 is 0 Å². The fourth-order valence-electron chi connectivity index (χ4n) is 0.616. The fraction of sp³-hybridized carbons (Fsp3) is 0.857. The van der Waals surface area contributed by atoms with Crippen LogP contribution in [0.3, 0.4) is 0 Å². The number of ether oxygens (including phenoxy) is 2. The average Bonchev–Trinajstić information content (AvgIpc) is 2.04. The summed E-state index contributed by atoms with van der Waals surface area (Å²) in [6.07, 6.45) is 0. The van der Waals surface area contributed by atoms with Crippen LogP contribution in [0.2, 0.25) is 0 Å². The SMILES string of the molecule is CCOCOCC(NC)C(N)=O. The molecule has 0 radical (unpaired) electrons. The molecule has 0 aliphatic carbocycles. The van der Waals surface area contributed by atoms with E-state index >= 15 is 0 Å². The van der Waals surface area contributed by atoms with Crippen LogP contribution in [0, 0.1) is 0 Å². The minimum atomic E-state index is -0.439. The van der Waals surface area contributed by atoms with Gasteiger partial charge in [0, 0.05) is 6.61 Å². The topological polar surface area (TPSA) is 73.6 Å². The van der Waals surface area contributed by atoms with Gasteiger partial charge in [0.2, 0.25) is 5.91 Å². The van der Waals surface area contributed by atoms with Crippen molar-refractivity contribution in [3.63, 3.8) is 0 Å². The van der Waals surface area contributed by atoms with Crippen molar-refractivity contribution in [2.24, 2.45) is 5.73 Å². The van der Waals surface area contributed by atoms with Gasteiger partial charge in [0.05, 0.1) is 6.61 Å². The van der Waals surface area contributed by atoms with Gasteiger partial charge >= 0.3 is 0 Å². The molecule has 1 unspecified atom stereocenters. The predicted molar refractivity (Wildman–Crippen MR) is 44.5 cm³/mol. The van der Waals surface area contributed by atoms with E-state index in [0.29, 0.717) is 6.61 Å². The second-order valence-corrected chi connectivity index (χ2v) is 2.23. The Balaban J connectivity index is 3.38. The van der Waals surface area contributed by atoms with Gasteiger partial charge < -0.3 is 20.5 Å². The molecule has 72 valence electrons. The summed E-state index contributed by atoms with van der Waals surface area (Å²) in [5.74, 6) is -0.422. The number of amides is 1. The van der Waals surface area contributed by atoms with Crippen molar-refractivity contribution in [3.8, 4) is 0 Å². The molecule has 5 nitrogen and oxygen atoms in total. The van der Waals surface area contributed by atoms with Crippen LogP contribution in [0.4, 0.5) is 0 Å². The van der Waals surface area contributed by atoms with Gasteiger partial charge in [-0.2, -0.15) is 0 Å². The number of carbonyl (C=O) groups excluding carboxylic acids is 1. The minimum Gasteiger partial charge on any atom is -0.368 e. The van der Waals surface area contributed by atoms with Crippen LogP contribution in [-0.4, -0.2) is 39.0 Å². The van der Waals surface area contributed by atoms with E-state index in [1.165, 1.54) is 0 Å². The van der Waals surface area contributed by atoms with Crippen molar-refractivity contribution in [3.05, 3.63) is 0 Å². The van der Waals surface area contributed by atoms with Crippen LogP contribution < -0.4 is 11.1 Å². The van der Waals surface area contributed by atoms with Crippen molar-refractivity contribution in [1.29, 1.82) is 0 Å². The van der Waals surface area contributed by atoms with E-state index < -0.39 is 11.9 Å². The highest BCUT2D eigenvalue weighted by molar-refractivity contribution is 5.79.